The molecule has 2 heterocycles. The number of carbonyl (C=O) groups excluding carboxylic acids is 1. The maximum Gasteiger partial charge on any atom is 0.255 e. The summed E-state index contributed by atoms with van der Waals surface area (Å²) in [7, 11) is 0.907. The first-order valence-electron chi connectivity index (χ1n) is 9.96. The minimum Gasteiger partial charge on any atom is -0.335 e. The van der Waals surface area contributed by atoms with Gasteiger partial charge in [0.25, 0.3) is 5.91 Å². The molecule has 7 heteroatoms. The van der Waals surface area contributed by atoms with Crippen LogP contribution >= 0.6 is 0 Å². The number of pyridine rings is 1. The molecule has 0 spiro atoms. The molecule has 1 aliphatic heterocycles. The first kappa shape index (κ1) is 21.5. The van der Waals surface area contributed by atoms with E-state index in [4.69, 9.17) is 0 Å². The number of hydrogen-bond donors (Lipinski definition) is 0. The van der Waals surface area contributed by atoms with Crippen molar-refractivity contribution in [3.05, 3.63) is 53.7 Å². The smallest absolute Gasteiger partial charge is 0.255 e. The van der Waals surface area contributed by atoms with Crippen LogP contribution in [0.5, 0.6) is 0 Å². The summed E-state index contributed by atoms with van der Waals surface area (Å²) in [5, 5.41) is 0. The van der Waals surface area contributed by atoms with Gasteiger partial charge >= 0.3 is 0 Å². The van der Waals surface area contributed by atoms with Gasteiger partial charge in [-0.2, -0.15) is 0 Å². The lowest BCUT2D eigenvalue weighted by Gasteiger charge is -2.29. The van der Waals surface area contributed by atoms with Gasteiger partial charge in [0, 0.05) is 18.2 Å². The number of carbonyl (C=O) groups is 1. The molecule has 1 aromatic heterocycles. The van der Waals surface area contributed by atoms with E-state index < -0.39 is 9.84 Å². The summed E-state index contributed by atoms with van der Waals surface area (Å²) >= 11 is 0. The average molecular weight is 416 g/mol. The van der Waals surface area contributed by atoms with E-state index in [1.165, 1.54) is 0 Å². The summed E-state index contributed by atoms with van der Waals surface area (Å²) < 4.78 is 24.0. The Hall–Kier alpha value is -2.25. The molecule has 0 saturated carbocycles. The van der Waals surface area contributed by atoms with Crippen molar-refractivity contribution >= 4 is 15.7 Å². The van der Waals surface area contributed by atoms with Crippen LogP contribution in [0.1, 0.15) is 28.9 Å². The van der Waals surface area contributed by atoms with Crippen molar-refractivity contribution in [2.45, 2.75) is 25.8 Å². The average Bonchev–Trinajstić information content (AvgIpc) is 3.04. The molecule has 1 aliphatic rings. The van der Waals surface area contributed by atoms with Crippen molar-refractivity contribution in [2.75, 3.05) is 38.7 Å². The highest BCUT2D eigenvalue weighted by atomic mass is 32.2. The Kier molecular flexibility index (Phi) is 6.70. The Morgan fingerprint density at radius 2 is 1.83 bits per heavy atom. The SMILES string of the molecule is Cc1nc(-c2ccccc2)ccc1C(=O)N(CCCN(C)C)C1CCS(=O)(=O)C1. The van der Waals surface area contributed by atoms with Crippen LogP contribution in [0.2, 0.25) is 0 Å². The summed E-state index contributed by atoms with van der Waals surface area (Å²) in [6.45, 7) is 3.22. The molecule has 156 valence electrons. The highest BCUT2D eigenvalue weighted by Crippen LogP contribution is 2.23. The zero-order valence-corrected chi connectivity index (χ0v) is 18.2. The first-order chi connectivity index (χ1) is 13.8. The quantitative estimate of drug-likeness (QED) is 0.695. The van der Waals surface area contributed by atoms with Crippen molar-refractivity contribution in [1.29, 1.82) is 0 Å². The van der Waals surface area contributed by atoms with Crippen molar-refractivity contribution in [3.63, 3.8) is 0 Å². The van der Waals surface area contributed by atoms with Gasteiger partial charge in [-0.25, -0.2) is 8.42 Å². The highest BCUT2D eigenvalue weighted by Gasteiger charge is 2.35. The fourth-order valence-corrected chi connectivity index (χ4v) is 5.47. The van der Waals surface area contributed by atoms with E-state index in [9.17, 15) is 13.2 Å². The third-order valence-corrected chi connectivity index (χ3v) is 7.05. The van der Waals surface area contributed by atoms with E-state index in [0.717, 1.165) is 24.2 Å². The number of rotatable bonds is 7. The molecule has 29 heavy (non-hydrogen) atoms. The Morgan fingerprint density at radius 1 is 1.10 bits per heavy atom. The molecule has 2 aromatic rings. The van der Waals surface area contributed by atoms with E-state index in [2.05, 4.69) is 9.88 Å². The molecule has 0 radical (unpaired) electrons. The third kappa shape index (κ3) is 5.42. The standard InChI is InChI=1S/C22H29N3O3S/c1-17-20(10-11-21(23-17)18-8-5-4-6-9-18)22(26)25(14-7-13-24(2)3)19-12-15-29(27,28)16-19/h4-6,8-11,19H,7,12-16H2,1-3H3. The lowest BCUT2D eigenvalue weighted by atomic mass is 10.1. The number of aromatic nitrogens is 1. The van der Waals surface area contributed by atoms with Crippen LogP contribution in [-0.2, 0) is 9.84 Å². The summed E-state index contributed by atoms with van der Waals surface area (Å²) in [4.78, 5) is 21.8. The second kappa shape index (κ2) is 9.05. The number of nitrogens with zero attached hydrogens (tertiary/aromatic N) is 3. The maximum absolute atomic E-state index is 13.4. The Labute approximate surface area is 173 Å². The number of amides is 1. The summed E-state index contributed by atoms with van der Waals surface area (Å²) in [5.41, 5.74) is 3.02. The molecule has 1 amide bonds. The zero-order chi connectivity index (χ0) is 21.0. The van der Waals surface area contributed by atoms with Crippen LogP contribution in [0.4, 0.5) is 0 Å². The van der Waals surface area contributed by atoms with Crippen LogP contribution in [0.3, 0.4) is 0 Å². The first-order valence-corrected chi connectivity index (χ1v) is 11.8. The van der Waals surface area contributed by atoms with Gasteiger partial charge in [-0.3, -0.25) is 9.78 Å². The third-order valence-electron chi connectivity index (χ3n) is 5.30. The van der Waals surface area contributed by atoms with Gasteiger partial charge in [-0.15, -0.1) is 0 Å². The molecule has 0 aliphatic carbocycles. The lowest BCUT2D eigenvalue weighted by Crippen LogP contribution is -2.42. The Balaban J connectivity index is 1.84. The van der Waals surface area contributed by atoms with E-state index in [1.807, 2.05) is 63.5 Å². The van der Waals surface area contributed by atoms with Crippen LogP contribution in [0.25, 0.3) is 11.3 Å². The Bertz CT molecular complexity index is 959. The fourth-order valence-electron chi connectivity index (χ4n) is 3.74. The van der Waals surface area contributed by atoms with E-state index in [0.29, 0.717) is 24.2 Å². The highest BCUT2D eigenvalue weighted by molar-refractivity contribution is 7.91. The molecular weight excluding hydrogens is 386 g/mol. The second-order valence-corrected chi connectivity index (χ2v) is 10.1. The monoisotopic (exact) mass is 415 g/mol. The van der Waals surface area contributed by atoms with E-state index in [1.54, 1.807) is 4.90 Å². The molecule has 1 fully saturated rings. The summed E-state index contributed by atoms with van der Waals surface area (Å²) in [6, 6.07) is 13.3. The summed E-state index contributed by atoms with van der Waals surface area (Å²) in [6.07, 6.45) is 1.30. The topological polar surface area (TPSA) is 70.6 Å². The molecule has 6 nitrogen and oxygen atoms in total. The number of benzene rings is 1. The molecule has 1 aromatic carbocycles. The minimum absolute atomic E-state index is 0.0509. The predicted molar refractivity (Wildman–Crippen MR) is 116 cm³/mol. The second-order valence-electron chi connectivity index (χ2n) is 7.91. The van der Waals surface area contributed by atoms with Crippen LogP contribution in [0, 0.1) is 6.92 Å². The van der Waals surface area contributed by atoms with Gasteiger partial charge in [-0.1, -0.05) is 30.3 Å². The molecule has 0 bridgehead atoms. The largest absolute Gasteiger partial charge is 0.335 e. The van der Waals surface area contributed by atoms with E-state index >= 15 is 0 Å². The minimum atomic E-state index is -3.07. The fraction of sp³-hybridized carbons (Fsp3) is 0.455. The summed E-state index contributed by atoms with van der Waals surface area (Å²) in [5.74, 6) is 0.0738. The normalized spacial score (nSPS) is 18.1. The molecule has 0 N–H and O–H groups in total. The van der Waals surface area contributed by atoms with Gasteiger partial charge in [-0.05, 0) is 52.5 Å². The van der Waals surface area contributed by atoms with Gasteiger partial charge in [0.1, 0.15) is 0 Å². The van der Waals surface area contributed by atoms with Gasteiger partial charge in [0.15, 0.2) is 9.84 Å². The number of sulfone groups is 1. The van der Waals surface area contributed by atoms with Gasteiger partial charge in [0.2, 0.25) is 0 Å². The van der Waals surface area contributed by atoms with Crippen molar-refractivity contribution in [3.8, 4) is 11.3 Å². The van der Waals surface area contributed by atoms with Crippen LogP contribution < -0.4 is 0 Å². The van der Waals surface area contributed by atoms with Gasteiger partial charge in [0.05, 0.1) is 28.5 Å². The number of aryl methyl sites for hydroxylation is 1. The van der Waals surface area contributed by atoms with Crippen LogP contribution in [0.15, 0.2) is 42.5 Å². The Morgan fingerprint density at radius 3 is 2.41 bits per heavy atom. The molecule has 1 atom stereocenters. The van der Waals surface area contributed by atoms with Crippen LogP contribution in [-0.4, -0.2) is 73.8 Å². The van der Waals surface area contributed by atoms with E-state index in [-0.39, 0.29) is 23.5 Å². The van der Waals surface area contributed by atoms with Crippen molar-refractivity contribution < 1.29 is 13.2 Å². The zero-order valence-electron chi connectivity index (χ0n) is 17.3. The molecule has 3 rings (SSSR count). The molecule has 1 unspecified atom stereocenters. The predicted octanol–water partition coefficient (Wildman–Crippen LogP) is 2.64. The lowest BCUT2D eigenvalue weighted by molar-refractivity contribution is 0.0689. The maximum atomic E-state index is 13.4. The molecule has 1 saturated heterocycles. The van der Waals surface area contributed by atoms with Crippen molar-refractivity contribution in [2.24, 2.45) is 0 Å². The number of hydrogen-bond acceptors (Lipinski definition) is 5. The van der Waals surface area contributed by atoms with Crippen molar-refractivity contribution in [1.82, 2.24) is 14.8 Å². The van der Waals surface area contributed by atoms with Gasteiger partial charge < -0.3 is 9.80 Å². The molecular formula is C22H29N3O3S.